The third-order valence-corrected chi connectivity index (χ3v) is 3.59. The van der Waals surface area contributed by atoms with Crippen LogP contribution in [0.2, 0.25) is 0 Å². The van der Waals surface area contributed by atoms with E-state index in [1.807, 2.05) is 0 Å². The van der Waals surface area contributed by atoms with Gasteiger partial charge in [-0.1, -0.05) is 6.92 Å². The zero-order valence-corrected chi connectivity index (χ0v) is 9.29. The minimum Gasteiger partial charge on any atom is -0.394 e. The third-order valence-electron chi connectivity index (χ3n) is 1.89. The Kier molecular flexibility index (Phi) is 3.84. The van der Waals surface area contributed by atoms with E-state index in [0.717, 1.165) is 0 Å². The van der Waals surface area contributed by atoms with Crippen molar-refractivity contribution in [2.45, 2.75) is 6.92 Å². The normalized spacial score (nSPS) is 11.3. The summed E-state index contributed by atoms with van der Waals surface area (Å²) in [6, 6.07) is 0. The second kappa shape index (κ2) is 4.92. The molecule has 1 aromatic heterocycles. The number of hydrogen-bond donors (Lipinski definition) is 2. The van der Waals surface area contributed by atoms with E-state index in [9.17, 15) is 8.42 Å². The summed E-state index contributed by atoms with van der Waals surface area (Å²) in [5.41, 5.74) is 5.97. The fourth-order valence-corrected chi connectivity index (χ4v) is 1.66. The number of nitrogen functional groups attached to an aromatic ring is 1. The highest BCUT2D eigenvalue weighted by molar-refractivity contribution is 7.91. The Morgan fingerprint density at radius 2 is 2.27 bits per heavy atom. The van der Waals surface area contributed by atoms with Crippen molar-refractivity contribution in [2.24, 2.45) is 0 Å². The van der Waals surface area contributed by atoms with Crippen LogP contribution in [-0.2, 0) is 9.84 Å². The van der Waals surface area contributed by atoms with Gasteiger partial charge in [-0.2, -0.15) is 0 Å². The summed E-state index contributed by atoms with van der Waals surface area (Å²) in [6.07, 6.45) is 2.82. The summed E-state index contributed by atoms with van der Waals surface area (Å²) in [5, 5.41) is 2.85. The molecule has 1 aromatic rings. The Morgan fingerprint density at radius 3 is 2.87 bits per heavy atom. The average Bonchev–Trinajstić information content (AvgIpc) is 2.21. The maximum atomic E-state index is 11.2. The quantitative estimate of drug-likeness (QED) is 0.733. The van der Waals surface area contributed by atoms with Gasteiger partial charge in [-0.25, -0.2) is 18.4 Å². The van der Waals surface area contributed by atoms with Crippen LogP contribution in [0.5, 0.6) is 0 Å². The van der Waals surface area contributed by atoms with Gasteiger partial charge in [-0.05, 0) is 0 Å². The van der Waals surface area contributed by atoms with Crippen molar-refractivity contribution in [1.29, 1.82) is 0 Å². The number of hydrogen-bond acceptors (Lipinski definition) is 6. The number of anilines is 2. The molecular weight excluding hydrogens is 216 g/mol. The third kappa shape index (κ3) is 3.70. The van der Waals surface area contributed by atoms with Crippen LogP contribution in [0.1, 0.15) is 6.92 Å². The number of aromatic nitrogens is 2. The van der Waals surface area contributed by atoms with Gasteiger partial charge in [0, 0.05) is 12.3 Å². The number of sulfone groups is 1. The molecule has 84 valence electrons. The Morgan fingerprint density at radius 1 is 1.53 bits per heavy atom. The molecule has 0 radical (unpaired) electrons. The van der Waals surface area contributed by atoms with Gasteiger partial charge in [0.25, 0.3) is 0 Å². The fourth-order valence-electron chi connectivity index (χ4n) is 0.957. The van der Waals surface area contributed by atoms with Crippen molar-refractivity contribution in [3.05, 3.63) is 12.5 Å². The highest BCUT2D eigenvalue weighted by Crippen LogP contribution is 2.10. The number of nitrogens with one attached hydrogen (secondary N) is 1. The minimum atomic E-state index is -2.95. The molecule has 0 bridgehead atoms. The largest absolute Gasteiger partial charge is 0.394 e. The molecule has 15 heavy (non-hydrogen) atoms. The molecule has 0 unspecified atom stereocenters. The average molecular weight is 230 g/mol. The first-order valence-electron chi connectivity index (χ1n) is 4.55. The van der Waals surface area contributed by atoms with E-state index in [1.54, 1.807) is 6.92 Å². The molecule has 3 N–H and O–H groups in total. The molecule has 0 fully saturated rings. The van der Waals surface area contributed by atoms with Gasteiger partial charge < -0.3 is 11.1 Å². The van der Waals surface area contributed by atoms with Crippen LogP contribution in [-0.4, -0.2) is 36.4 Å². The first kappa shape index (κ1) is 11.7. The number of rotatable bonds is 5. The van der Waals surface area contributed by atoms with Gasteiger partial charge in [0.05, 0.1) is 17.6 Å². The van der Waals surface area contributed by atoms with E-state index in [2.05, 4.69) is 15.3 Å². The van der Waals surface area contributed by atoms with E-state index in [0.29, 0.717) is 18.1 Å². The van der Waals surface area contributed by atoms with Gasteiger partial charge in [-0.15, -0.1) is 0 Å². The number of nitrogens with two attached hydrogens (primary N) is 1. The molecule has 7 heteroatoms. The fraction of sp³-hybridized carbons (Fsp3) is 0.500. The maximum absolute atomic E-state index is 11.2. The topological polar surface area (TPSA) is 98.0 Å². The Balaban J connectivity index is 2.49. The van der Waals surface area contributed by atoms with Crippen LogP contribution in [0.25, 0.3) is 0 Å². The van der Waals surface area contributed by atoms with Crippen molar-refractivity contribution in [2.75, 3.05) is 29.1 Å². The van der Waals surface area contributed by atoms with Crippen molar-refractivity contribution in [1.82, 2.24) is 9.97 Å². The predicted octanol–water partition coefficient (Wildman–Crippen LogP) is -0.0946. The molecular formula is C8H14N4O2S. The highest BCUT2D eigenvalue weighted by Gasteiger charge is 2.07. The minimum absolute atomic E-state index is 0.0763. The van der Waals surface area contributed by atoms with E-state index in [4.69, 9.17) is 5.73 Å². The van der Waals surface area contributed by atoms with Crippen LogP contribution in [0, 0.1) is 0 Å². The number of nitrogens with zero attached hydrogens (tertiary/aromatic N) is 2. The zero-order valence-electron chi connectivity index (χ0n) is 8.47. The van der Waals surface area contributed by atoms with Crippen LogP contribution in [0.3, 0.4) is 0 Å². The molecule has 0 aliphatic carbocycles. The molecule has 1 heterocycles. The molecule has 0 aromatic carbocycles. The lowest BCUT2D eigenvalue weighted by Crippen LogP contribution is -2.18. The lowest BCUT2D eigenvalue weighted by molar-refractivity contribution is 0.597. The molecule has 0 spiro atoms. The van der Waals surface area contributed by atoms with Crippen LogP contribution in [0.4, 0.5) is 11.5 Å². The second-order valence-corrected chi connectivity index (χ2v) is 5.46. The Hall–Kier alpha value is -1.37. The summed E-state index contributed by atoms with van der Waals surface area (Å²) < 4.78 is 22.3. The van der Waals surface area contributed by atoms with Crippen LogP contribution >= 0.6 is 0 Å². The lowest BCUT2D eigenvalue weighted by Gasteiger charge is -2.06. The summed E-state index contributed by atoms with van der Waals surface area (Å²) in [5.74, 6) is 0.692. The van der Waals surface area contributed by atoms with Gasteiger partial charge in [-0.3, -0.25) is 0 Å². The lowest BCUT2D eigenvalue weighted by atomic mass is 10.5. The van der Waals surface area contributed by atoms with E-state index < -0.39 is 9.84 Å². The smallest absolute Gasteiger partial charge is 0.152 e. The van der Waals surface area contributed by atoms with Crippen molar-refractivity contribution in [3.63, 3.8) is 0 Å². The van der Waals surface area contributed by atoms with E-state index in [-0.39, 0.29) is 11.5 Å². The molecule has 0 aliphatic rings. The Bertz CT molecular complexity index is 418. The Labute approximate surface area is 88.8 Å². The monoisotopic (exact) mass is 230 g/mol. The van der Waals surface area contributed by atoms with Crippen molar-refractivity contribution >= 4 is 21.3 Å². The molecule has 0 amide bonds. The highest BCUT2D eigenvalue weighted by atomic mass is 32.2. The summed E-state index contributed by atoms with van der Waals surface area (Å²) in [4.78, 5) is 7.61. The van der Waals surface area contributed by atoms with E-state index >= 15 is 0 Å². The van der Waals surface area contributed by atoms with Crippen molar-refractivity contribution < 1.29 is 8.42 Å². The van der Waals surface area contributed by atoms with Gasteiger partial charge in [0.2, 0.25) is 0 Å². The molecule has 0 aliphatic heterocycles. The predicted molar refractivity (Wildman–Crippen MR) is 59.3 cm³/mol. The molecule has 0 atom stereocenters. The van der Waals surface area contributed by atoms with Crippen LogP contribution < -0.4 is 11.1 Å². The van der Waals surface area contributed by atoms with Gasteiger partial charge in [0.1, 0.15) is 6.33 Å². The van der Waals surface area contributed by atoms with Crippen molar-refractivity contribution in [3.8, 4) is 0 Å². The maximum Gasteiger partial charge on any atom is 0.152 e. The summed E-state index contributed by atoms with van der Waals surface area (Å²) in [6.45, 7) is 1.92. The zero-order chi connectivity index (χ0) is 11.3. The van der Waals surface area contributed by atoms with Crippen LogP contribution in [0.15, 0.2) is 12.5 Å². The molecule has 0 saturated carbocycles. The molecule has 6 nitrogen and oxygen atoms in total. The second-order valence-electron chi connectivity index (χ2n) is 2.99. The first-order valence-corrected chi connectivity index (χ1v) is 6.37. The standard InChI is InChI=1S/C8H14N4O2S/c1-2-15(13,14)4-3-11-8-7(9)5-10-6-12-8/h5-6H,2-4,9H2,1H3,(H,10,11,12). The first-order chi connectivity index (χ1) is 7.05. The van der Waals surface area contributed by atoms with Gasteiger partial charge in [0.15, 0.2) is 15.7 Å². The summed E-state index contributed by atoms with van der Waals surface area (Å²) >= 11 is 0. The SMILES string of the molecule is CCS(=O)(=O)CCNc1ncncc1N. The van der Waals surface area contributed by atoms with Gasteiger partial charge >= 0.3 is 0 Å². The molecule has 1 rings (SSSR count). The molecule has 0 saturated heterocycles. The van der Waals surface area contributed by atoms with E-state index in [1.165, 1.54) is 12.5 Å². The summed E-state index contributed by atoms with van der Waals surface area (Å²) in [7, 11) is -2.95.